The summed E-state index contributed by atoms with van der Waals surface area (Å²) in [6, 6.07) is 8.95. The number of quaternary nitrogens is 1. The molecule has 3 aromatic rings. The number of fused-ring (bicyclic) bond motifs is 1. The molecule has 26 heavy (non-hydrogen) atoms. The van der Waals surface area contributed by atoms with Gasteiger partial charge >= 0.3 is 5.63 Å². The van der Waals surface area contributed by atoms with E-state index in [1.807, 2.05) is 12.1 Å². The summed E-state index contributed by atoms with van der Waals surface area (Å²) in [5.74, 6) is 1.54. The summed E-state index contributed by atoms with van der Waals surface area (Å²) in [6.07, 6.45) is 3.54. The van der Waals surface area contributed by atoms with Gasteiger partial charge in [0.25, 0.3) is 0 Å². The zero-order chi connectivity index (χ0) is 17.9. The van der Waals surface area contributed by atoms with Crippen LogP contribution >= 0.6 is 0 Å². The van der Waals surface area contributed by atoms with Crippen molar-refractivity contribution >= 4 is 16.9 Å². The number of anilines is 1. The standard InChI is InChI=1S/C19H20N4O3/c1-25-15-3-4-17-16(12-15)14(11-18(24)26-17)13-22-7-9-23(10-8-22)19-20-5-2-6-21-19/h2-6,11-12H,7-10,13H2,1H3/p+1. The number of rotatable bonds is 4. The smallest absolute Gasteiger partial charge is 0.336 e. The van der Waals surface area contributed by atoms with Crippen LogP contribution in [0.1, 0.15) is 5.56 Å². The molecule has 0 unspecified atom stereocenters. The lowest BCUT2D eigenvalue weighted by molar-refractivity contribution is -0.914. The summed E-state index contributed by atoms with van der Waals surface area (Å²) >= 11 is 0. The number of benzene rings is 1. The molecule has 0 saturated carbocycles. The van der Waals surface area contributed by atoms with E-state index < -0.39 is 0 Å². The van der Waals surface area contributed by atoms with Crippen molar-refractivity contribution in [2.75, 3.05) is 38.2 Å². The average Bonchev–Trinajstić information content (AvgIpc) is 2.69. The van der Waals surface area contributed by atoms with Crippen LogP contribution in [-0.2, 0) is 6.54 Å². The van der Waals surface area contributed by atoms with Crippen LogP contribution in [0.4, 0.5) is 5.95 Å². The molecule has 0 bridgehead atoms. The van der Waals surface area contributed by atoms with Gasteiger partial charge in [-0.2, -0.15) is 0 Å². The summed E-state index contributed by atoms with van der Waals surface area (Å²) in [4.78, 5) is 24.2. The van der Waals surface area contributed by atoms with Crippen LogP contribution in [0.5, 0.6) is 5.75 Å². The van der Waals surface area contributed by atoms with Crippen LogP contribution in [0.15, 0.2) is 51.9 Å². The Morgan fingerprint density at radius 3 is 2.69 bits per heavy atom. The molecule has 1 aliphatic heterocycles. The number of piperazine rings is 1. The SMILES string of the molecule is COc1ccc2oc(=O)cc(C[NH+]3CCN(c4ncccn4)CC3)c2c1. The minimum absolute atomic E-state index is 0.312. The van der Waals surface area contributed by atoms with E-state index in [1.54, 1.807) is 37.7 Å². The van der Waals surface area contributed by atoms with Gasteiger partial charge in [-0.15, -0.1) is 0 Å². The minimum atomic E-state index is -0.312. The van der Waals surface area contributed by atoms with Crippen molar-refractivity contribution in [1.29, 1.82) is 0 Å². The van der Waals surface area contributed by atoms with E-state index in [0.717, 1.165) is 55.4 Å². The van der Waals surface area contributed by atoms with Crippen molar-refractivity contribution in [1.82, 2.24) is 9.97 Å². The van der Waals surface area contributed by atoms with Crippen molar-refractivity contribution in [3.05, 3.63) is 58.7 Å². The molecule has 1 aromatic carbocycles. The third-order valence-electron chi connectivity index (χ3n) is 4.78. The Kier molecular flexibility index (Phi) is 4.53. The van der Waals surface area contributed by atoms with Crippen LogP contribution < -0.4 is 20.2 Å². The van der Waals surface area contributed by atoms with Gasteiger partial charge in [0.1, 0.15) is 17.9 Å². The Morgan fingerprint density at radius 2 is 1.96 bits per heavy atom. The van der Waals surface area contributed by atoms with E-state index >= 15 is 0 Å². The van der Waals surface area contributed by atoms with E-state index in [0.29, 0.717) is 5.58 Å². The molecule has 7 nitrogen and oxygen atoms in total. The highest BCUT2D eigenvalue weighted by Crippen LogP contribution is 2.22. The monoisotopic (exact) mass is 353 g/mol. The summed E-state index contributed by atoms with van der Waals surface area (Å²) in [6.45, 7) is 4.48. The van der Waals surface area contributed by atoms with Crippen molar-refractivity contribution in [2.45, 2.75) is 6.54 Å². The molecular weight excluding hydrogens is 332 g/mol. The van der Waals surface area contributed by atoms with Crippen LogP contribution in [0, 0.1) is 0 Å². The first kappa shape index (κ1) is 16.5. The first-order valence-corrected chi connectivity index (χ1v) is 8.69. The molecule has 4 rings (SSSR count). The molecule has 1 N–H and O–H groups in total. The number of nitrogens with zero attached hydrogens (tertiary/aromatic N) is 3. The first-order valence-electron chi connectivity index (χ1n) is 8.69. The fourth-order valence-electron chi connectivity index (χ4n) is 3.40. The van der Waals surface area contributed by atoms with Crippen LogP contribution in [0.2, 0.25) is 0 Å². The zero-order valence-corrected chi connectivity index (χ0v) is 14.6. The van der Waals surface area contributed by atoms with Gasteiger partial charge in [-0.1, -0.05) is 0 Å². The zero-order valence-electron chi connectivity index (χ0n) is 14.6. The number of ether oxygens (including phenoxy) is 1. The van der Waals surface area contributed by atoms with E-state index in [1.165, 1.54) is 4.90 Å². The molecule has 0 radical (unpaired) electrons. The molecule has 1 aliphatic rings. The highest BCUT2D eigenvalue weighted by atomic mass is 16.5. The van der Waals surface area contributed by atoms with Gasteiger partial charge in [0.15, 0.2) is 0 Å². The van der Waals surface area contributed by atoms with Gasteiger partial charge < -0.3 is 19.0 Å². The van der Waals surface area contributed by atoms with Crippen molar-refractivity contribution in [3.8, 4) is 5.75 Å². The summed E-state index contributed by atoms with van der Waals surface area (Å²) < 4.78 is 10.6. The van der Waals surface area contributed by atoms with Crippen LogP contribution in [-0.4, -0.2) is 43.3 Å². The number of hydrogen-bond donors (Lipinski definition) is 1. The van der Waals surface area contributed by atoms with E-state index in [9.17, 15) is 4.79 Å². The van der Waals surface area contributed by atoms with Gasteiger partial charge in [-0.05, 0) is 24.3 Å². The lowest BCUT2D eigenvalue weighted by Gasteiger charge is -2.32. The number of hydrogen-bond acceptors (Lipinski definition) is 6. The molecule has 1 fully saturated rings. The first-order chi connectivity index (χ1) is 12.7. The Hall–Kier alpha value is -2.93. The fraction of sp³-hybridized carbons (Fsp3) is 0.316. The highest BCUT2D eigenvalue weighted by Gasteiger charge is 2.22. The second-order valence-electron chi connectivity index (χ2n) is 6.42. The Morgan fingerprint density at radius 1 is 1.19 bits per heavy atom. The second kappa shape index (κ2) is 7.13. The minimum Gasteiger partial charge on any atom is -0.497 e. The maximum Gasteiger partial charge on any atom is 0.336 e. The van der Waals surface area contributed by atoms with Gasteiger partial charge in [-0.3, -0.25) is 0 Å². The van der Waals surface area contributed by atoms with Crippen molar-refractivity contribution in [2.24, 2.45) is 0 Å². The van der Waals surface area contributed by atoms with Gasteiger partial charge in [0, 0.05) is 29.4 Å². The molecule has 0 amide bonds. The molecule has 0 spiro atoms. The van der Waals surface area contributed by atoms with Crippen LogP contribution in [0.3, 0.4) is 0 Å². The molecule has 7 heteroatoms. The Labute approximate surface area is 150 Å². The number of nitrogens with one attached hydrogen (secondary N) is 1. The second-order valence-corrected chi connectivity index (χ2v) is 6.42. The van der Waals surface area contributed by atoms with Gasteiger partial charge in [-0.25, -0.2) is 14.8 Å². The van der Waals surface area contributed by atoms with E-state index in [-0.39, 0.29) is 5.63 Å². The lowest BCUT2D eigenvalue weighted by atomic mass is 10.1. The van der Waals surface area contributed by atoms with Crippen LogP contribution in [0.25, 0.3) is 11.0 Å². The number of methoxy groups -OCH3 is 1. The largest absolute Gasteiger partial charge is 0.497 e. The molecule has 2 aromatic heterocycles. The van der Waals surface area contributed by atoms with Gasteiger partial charge in [0.2, 0.25) is 5.95 Å². The summed E-state index contributed by atoms with van der Waals surface area (Å²) in [5, 5.41) is 0.935. The molecule has 1 saturated heterocycles. The average molecular weight is 353 g/mol. The molecule has 3 heterocycles. The van der Waals surface area contributed by atoms with E-state index in [4.69, 9.17) is 9.15 Å². The fourth-order valence-corrected chi connectivity index (χ4v) is 3.40. The Bertz CT molecular complexity index is 950. The van der Waals surface area contributed by atoms with Gasteiger partial charge in [0.05, 0.1) is 33.3 Å². The van der Waals surface area contributed by atoms with E-state index in [2.05, 4.69) is 14.9 Å². The number of aromatic nitrogens is 2. The molecule has 0 aliphatic carbocycles. The molecular formula is C19H21N4O3+. The topological polar surface area (TPSA) is 72.9 Å². The summed E-state index contributed by atoms with van der Waals surface area (Å²) in [7, 11) is 1.63. The van der Waals surface area contributed by atoms with Crippen molar-refractivity contribution < 1.29 is 14.1 Å². The third-order valence-corrected chi connectivity index (χ3v) is 4.78. The summed E-state index contributed by atoms with van der Waals surface area (Å²) in [5.41, 5.74) is 1.28. The molecule has 0 atom stereocenters. The quantitative estimate of drug-likeness (QED) is 0.689. The maximum atomic E-state index is 11.9. The highest BCUT2D eigenvalue weighted by molar-refractivity contribution is 5.81. The third kappa shape index (κ3) is 3.39. The Balaban J connectivity index is 1.52. The van der Waals surface area contributed by atoms with Crippen molar-refractivity contribution in [3.63, 3.8) is 0 Å². The lowest BCUT2D eigenvalue weighted by Crippen LogP contribution is -3.13. The predicted molar refractivity (Wildman–Crippen MR) is 97.7 cm³/mol. The molecule has 134 valence electrons. The predicted octanol–water partition coefficient (Wildman–Crippen LogP) is 0.497. The normalized spacial score (nSPS) is 15.3. The maximum absolute atomic E-state index is 11.9.